The second kappa shape index (κ2) is 13.8. The molecule has 3 rings (SSSR count). The largest absolute Gasteiger partial charge is 0.496 e. The van der Waals surface area contributed by atoms with Crippen molar-refractivity contribution in [2.75, 3.05) is 20.8 Å². The number of alkyl carbamates (subject to hydrolysis) is 1. The molecule has 40 heavy (non-hydrogen) atoms. The molecule has 1 saturated heterocycles. The van der Waals surface area contributed by atoms with Crippen LogP contribution >= 0.6 is 0 Å². The lowest BCUT2D eigenvalue weighted by atomic mass is 9.82. The van der Waals surface area contributed by atoms with Crippen LogP contribution in [-0.4, -0.2) is 61.6 Å². The summed E-state index contributed by atoms with van der Waals surface area (Å²) in [6.07, 6.45) is 1.24. The van der Waals surface area contributed by atoms with E-state index in [9.17, 15) is 14.4 Å². The SMILES string of the molecule is COC(=O)N[C@@H](Cc1ccccc1OC)C(=O)N[C@@H](C)CCCN1C(=N)N[C@](CC(C)C)(c2ccccc2)C1=O. The van der Waals surface area contributed by atoms with E-state index in [2.05, 4.69) is 29.8 Å². The Morgan fingerprint density at radius 1 is 1.02 bits per heavy atom. The molecule has 10 nitrogen and oxygen atoms in total. The van der Waals surface area contributed by atoms with Crippen molar-refractivity contribution in [3.8, 4) is 5.75 Å². The molecular weight excluding hydrogens is 510 g/mol. The summed E-state index contributed by atoms with van der Waals surface area (Å²) >= 11 is 0. The zero-order chi connectivity index (χ0) is 29.3. The fourth-order valence-electron chi connectivity index (χ4n) is 5.13. The molecule has 2 aromatic carbocycles. The van der Waals surface area contributed by atoms with Gasteiger partial charge in [-0.3, -0.25) is 19.9 Å². The van der Waals surface area contributed by atoms with Crippen molar-refractivity contribution >= 4 is 23.9 Å². The van der Waals surface area contributed by atoms with Crippen LogP contribution in [0.1, 0.15) is 51.2 Å². The number of amides is 3. The molecule has 0 bridgehead atoms. The number of hydrogen-bond donors (Lipinski definition) is 4. The third-order valence-corrected chi connectivity index (χ3v) is 7.01. The molecule has 10 heteroatoms. The van der Waals surface area contributed by atoms with E-state index >= 15 is 0 Å². The smallest absolute Gasteiger partial charge is 0.407 e. The molecule has 2 aromatic rings. The van der Waals surface area contributed by atoms with Crippen molar-refractivity contribution in [2.45, 2.75) is 64.1 Å². The van der Waals surface area contributed by atoms with Gasteiger partial charge in [-0.05, 0) is 49.3 Å². The number of hydrogen-bond acceptors (Lipinski definition) is 6. The average Bonchev–Trinajstić information content (AvgIpc) is 3.17. The van der Waals surface area contributed by atoms with Gasteiger partial charge in [0.05, 0.1) is 14.2 Å². The molecule has 3 atom stereocenters. The van der Waals surface area contributed by atoms with Crippen LogP contribution in [-0.2, 0) is 26.3 Å². The maximum Gasteiger partial charge on any atom is 0.407 e. The Morgan fingerprint density at radius 3 is 2.35 bits per heavy atom. The molecule has 1 aliphatic heterocycles. The number of benzene rings is 2. The Hall–Kier alpha value is -4.08. The molecule has 0 radical (unpaired) electrons. The first-order valence-electron chi connectivity index (χ1n) is 13.6. The summed E-state index contributed by atoms with van der Waals surface area (Å²) in [6.45, 7) is 6.35. The minimum atomic E-state index is -0.961. The van der Waals surface area contributed by atoms with E-state index in [4.69, 9.17) is 14.9 Å². The number of carbonyl (C=O) groups excluding carboxylic acids is 3. The zero-order valence-corrected chi connectivity index (χ0v) is 24.0. The number of guanidine groups is 1. The van der Waals surface area contributed by atoms with Crippen molar-refractivity contribution in [1.29, 1.82) is 5.41 Å². The number of carbonyl (C=O) groups is 3. The number of nitrogens with one attached hydrogen (secondary N) is 4. The second-order valence-corrected chi connectivity index (χ2v) is 10.6. The number of rotatable bonds is 13. The number of nitrogens with zero attached hydrogens (tertiary/aromatic N) is 1. The van der Waals surface area contributed by atoms with E-state index in [-0.39, 0.29) is 36.2 Å². The Morgan fingerprint density at radius 2 is 1.70 bits per heavy atom. The first-order valence-corrected chi connectivity index (χ1v) is 13.6. The average molecular weight is 552 g/mol. The van der Waals surface area contributed by atoms with Crippen LogP contribution in [0.4, 0.5) is 4.79 Å². The predicted octanol–water partition coefficient (Wildman–Crippen LogP) is 3.56. The van der Waals surface area contributed by atoms with Gasteiger partial charge in [-0.2, -0.15) is 0 Å². The lowest BCUT2D eigenvalue weighted by Gasteiger charge is -2.29. The maximum absolute atomic E-state index is 13.7. The number of methoxy groups -OCH3 is 2. The lowest BCUT2D eigenvalue weighted by molar-refractivity contribution is -0.132. The quantitative estimate of drug-likeness (QED) is 0.301. The Kier molecular flexibility index (Phi) is 10.5. The topological polar surface area (TPSA) is 133 Å². The third-order valence-electron chi connectivity index (χ3n) is 7.01. The fraction of sp³-hybridized carbons (Fsp3) is 0.467. The standard InChI is InChI=1S/C30H41N5O5/c1-20(2)19-30(23-14-7-6-8-15-23)27(37)35(28(31)34-30)17-11-12-21(3)32-26(36)24(33-29(38)40-5)18-22-13-9-10-16-25(22)39-4/h6-10,13-16,20-21,24H,11-12,17-19H2,1-5H3,(H2,31,34)(H,32,36)(H,33,38)/t21-,24-,30+/m0/s1. The number of ether oxygens (including phenoxy) is 2. The van der Waals surface area contributed by atoms with Gasteiger partial charge in [0.25, 0.3) is 5.91 Å². The molecule has 0 aliphatic carbocycles. The first kappa shape index (κ1) is 30.5. The minimum Gasteiger partial charge on any atom is -0.496 e. The van der Waals surface area contributed by atoms with Crippen molar-refractivity contribution in [2.24, 2.45) is 5.92 Å². The van der Waals surface area contributed by atoms with E-state index in [1.165, 1.54) is 12.0 Å². The summed E-state index contributed by atoms with van der Waals surface area (Å²) in [6, 6.07) is 15.8. The summed E-state index contributed by atoms with van der Waals surface area (Å²) in [5.74, 6) is 0.464. The van der Waals surface area contributed by atoms with Gasteiger partial charge in [0.15, 0.2) is 5.96 Å². The third kappa shape index (κ3) is 7.31. The zero-order valence-electron chi connectivity index (χ0n) is 24.0. The van der Waals surface area contributed by atoms with Crippen LogP contribution in [0.15, 0.2) is 54.6 Å². The summed E-state index contributed by atoms with van der Waals surface area (Å²) in [5.41, 5.74) is 0.661. The monoisotopic (exact) mass is 551 g/mol. The van der Waals surface area contributed by atoms with E-state index in [1.54, 1.807) is 13.2 Å². The fourth-order valence-corrected chi connectivity index (χ4v) is 5.13. The summed E-state index contributed by atoms with van der Waals surface area (Å²) in [7, 11) is 2.80. The van der Waals surface area contributed by atoms with Gasteiger partial charge in [0.1, 0.15) is 17.3 Å². The summed E-state index contributed by atoms with van der Waals surface area (Å²) in [4.78, 5) is 40.3. The Bertz CT molecular complexity index is 1190. The highest BCUT2D eigenvalue weighted by Gasteiger charge is 2.50. The van der Waals surface area contributed by atoms with Crippen LogP contribution in [0.2, 0.25) is 0 Å². The second-order valence-electron chi connectivity index (χ2n) is 10.6. The van der Waals surface area contributed by atoms with Crippen LogP contribution in [0, 0.1) is 11.3 Å². The Labute approximate surface area is 236 Å². The van der Waals surface area contributed by atoms with Crippen LogP contribution in [0.3, 0.4) is 0 Å². The van der Waals surface area contributed by atoms with E-state index in [1.807, 2.05) is 55.5 Å². The van der Waals surface area contributed by atoms with Gasteiger partial charge in [-0.15, -0.1) is 0 Å². The van der Waals surface area contributed by atoms with Crippen molar-refractivity contribution in [1.82, 2.24) is 20.9 Å². The molecule has 1 heterocycles. The molecule has 1 aliphatic rings. The molecule has 0 unspecified atom stereocenters. The van der Waals surface area contributed by atoms with Gasteiger partial charge in [-0.1, -0.05) is 62.4 Å². The molecule has 4 N–H and O–H groups in total. The van der Waals surface area contributed by atoms with Crippen molar-refractivity contribution in [3.63, 3.8) is 0 Å². The highest BCUT2D eigenvalue weighted by molar-refractivity contribution is 6.08. The molecule has 216 valence electrons. The summed E-state index contributed by atoms with van der Waals surface area (Å²) < 4.78 is 10.1. The summed E-state index contributed by atoms with van der Waals surface area (Å²) in [5, 5.41) is 17.3. The van der Waals surface area contributed by atoms with E-state index < -0.39 is 17.7 Å². The molecule has 0 saturated carbocycles. The van der Waals surface area contributed by atoms with E-state index in [0.29, 0.717) is 31.6 Å². The van der Waals surface area contributed by atoms with Gasteiger partial charge in [0.2, 0.25) is 5.91 Å². The van der Waals surface area contributed by atoms with Crippen LogP contribution < -0.4 is 20.7 Å². The highest BCUT2D eigenvalue weighted by Crippen LogP contribution is 2.35. The normalized spacial score (nSPS) is 18.2. The van der Waals surface area contributed by atoms with Crippen LogP contribution in [0.5, 0.6) is 5.75 Å². The van der Waals surface area contributed by atoms with Gasteiger partial charge >= 0.3 is 6.09 Å². The molecule has 3 amide bonds. The molecule has 0 spiro atoms. The Balaban J connectivity index is 1.62. The minimum absolute atomic E-state index is 0.0883. The van der Waals surface area contributed by atoms with Crippen molar-refractivity contribution in [3.05, 3.63) is 65.7 Å². The first-order chi connectivity index (χ1) is 19.1. The van der Waals surface area contributed by atoms with Gasteiger partial charge < -0.3 is 25.4 Å². The molecule has 1 fully saturated rings. The number of para-hydroxylation sites is 1. The van der Waals surface area contributed by atoms with E-state index in [0.717, 1.165) is 11.1 Å². The maximum atomic E-state index is 13.7. The molecule has 0 aromatic heterocycles. The van der Waals surface area contributed by atoms with Gasteiger partial charge in [0, 0.05) is 19.0 Å². The lowest BCUT2D eigenvalue weighted by Crippen LogP contribution is -2.50. The highest BCUT2D eigenvalue weighted by atomic mass is 16.5. The molecular formula is C30H41N5O5. The van der Waals surface area contributed by atoms with Crippen LogP contribution in [0.25, 0.3) is 0 Å². The van der Waals surface area contributed by atoms with Gasteiger partial charge in [-0.25, -0.2) is 4.79 Å². The van der Waals surface area contributed by atoms with Crippen molar-refractivity contribution < 1.29 is 23.9 Å². The predicted molar refractivity (Wildman–Crippen MR) is 153 cm³/mol.